The van der Waals surface area contributed by atoms with E-state index in [2.05, 4.69) is 36.2 Å². The van der Waals surface area contributed by atoms with Gasteiger partial charge in [0.25, 0.3) is 0 Å². The maximum atomic E-state index is 6.07. The summed E-state index contributed by atoms with van der Waals surface area (Å²) in [5.41, 5.74) is 1.31. The molecule has 0 amide bonds. The van der Waals surface area contributed by atoms with E-state index in [9.17, 15) is 0 Å². The van der Waals surface area contributed by atoms with Crippen LogP contribution in [-0.4, -0.2) is 30.6 Å². The van der Waals surface area contributed by atoms with Gasteiger partial charge in [-0.25, -0.2) is 0 Å². The van der Waals surface area contributed by atoms with Crippen molar-refractivity contribution in [3.05, 3.63) is 34.9 Å². The molecule has 0 saturated carbocycles. The third-order valence-electron chi connectivity index (χ3n) is 3.90. The first-order chi connectivity index (χ1) is 9.15. The number of hydrogen-bond acceptors (Lipinski definition) is 2. The fourth-order valence-corrected chi connectivity index (χ4v) is 2.95. The average molecular weight is 281 g/mol. The number of rotatable bonds is 5. The minimum Gasteiger partial charge on any atom is -0.316 e. The highest BCUT2D eigenvalue weighted by molar-refractivity contribution is 6.30. The van der Waals surface area contributed by atoms with Gasteiger partial charge in [-0.05, 0) is 63.4 Å². The molecule has 106 valence electrons. The minimum absolute atomic E-state index is 0.570. The van der Waals surface area contributed by atoms with E-state index >= 15 is 0 Å². The zero-order chi connectivity index (χ0) is 13.7. The largest absolute Gasteiger partial charge is 0.316 e. The van der Waals surface area contributed by atoms with Crippen molar-refractivity contribution in [2.75, 3.05) is 19.6 Å². The molecule has 1 N–H and O–H groups in total. The third-order valence-corrected chi connectivity index (χ3v) is 4.13. The van der Waals surface area contributed by atoms with E-state index in [0.29, 0.717) is 6.04 Å². The number of halogens is 1. The van der Waals surface area contributed by atoms with Gasteiger partial charge in [-0.3, -0.25) is 4.90 Å². The lowest BCUT2D eigenvalue weighted by atomic mass is 9.98. The molecule has 1 atom stereocenters. The van der Waals surface area contributed by atoms with Gasteiger partial charge in [0, 0.05) is 24.2 Å². The SMILES string of the molecule is CC(C)N(Cc1cccc(Cl)c1)CC1CCCNC1. The summed E-state index contributed by atoms with van der Waals surface area (Å²) in [6, 6.07) is 8.80. The Balaban J connectivity index is 1.95. The van der Waals surface area contributed by atoms with Crippen LogP contribution in [0.25, 0.3) is 0 Å². The summed E-state index contributed by atoms with van der Waals surface area (Å²) in [7, 11) is 0. The Morgan fingerprint density at radius 2 is 2.26 bits per heavy atom. The van der Waals surface area contributed by atoms with Gasteiger partial charge in [0.2, 0.25) is 0 Å². The molecule has 0 spiro atoms. The monoisotopic (exact) mass is 280 g/mol. The van der Waals surface area contributed by atoms with E-state index in [4.69, 9.17) is 11.6 Å². The van der Waals surface area contributed by atoms with Gasteiger partial charge >= 0.3 is 0 Å². The van der Waals surface area contributed by atoms with Crippen LogP contribution in [0.4, 0.5) is 0 Å². The lowest BCUT2D eigenvalue weighted by Crippen LogP contribution is -2.40. The quantitative estimate of drug-likeness (QED) is 0.887. The number of nitrogens with one attached hydrogen (secondary N) is 1. The van der Waals surface area contributed by atoms with Crippen LogP contribution in [0.3, 0.4) is 0 Å². The third kappa shape index (κ3) is 4.79. The number of benzene rings is 1. The molecule has 1 fully saturated rings. The summed E-state index contributed by atoms with van der Waals surface area (Å²) in [6.07, 6.45) is 2.67. The van der Waals surface area contributed by atoms with Gasteiger partial charge in [-0.1, -0.05) is 23.7 Å². The molecule has 1 aromatic carbocycles. The normalized spacial score (nSPS) is 20.2. The van der Waals surface area contributed by atoms with Gasteiger partial charge in [0.1, 0.15) is 0 Å². The first kappa shape index (κ1) is 14.8. The molecule has 1 aliphatic rings. The molecule has 1 saturated heterocycles. The predicted molar refractivity (Wildman–Crippen MR) is 82.6 cm³/mol. The molecule has 0 bridgehead atoms. The Hall–Kier alpha value is -0.570. The van der Waals surface area contributed by atoms with Crippen LogP contribution in [0.5, 0.6) is 0 Å². The van der Waals surface area contributed by atoms with E-state index in [0.717, 1.165) is 17.5 Å². The minimum atomic E-state index is 0.570. The Labute approximate surface area is 122 Å². The van der Waals surface area contributed by atoms with Crippen molar-refractivity contribution >= 4 is 11.6 Å². The molecular weight excluding hydrogens is 256 g/mol. The highest BCUT2D eigenvalue weighted by Crippen LogP contribution is 2.18. The van der Waals surface area contributed by atoms with E-state index < -0.39 is 0 Å². The topological polar surface area (TPSA) is 15.3 Å². The average Bonchev–Trinajstić information content (AvgIpc) is 2.39. The highest BCUT2D eigenvalue weighted by Gasteiger charge is 2.19. The van der Waals surface area contributed by atoms with Crippen LogP contribution in [0, 0.1) is 5.92 Å². The highest BCUT2D eigenvalue weighted by atomic mass is 35.5. The Morgan fingerprint density at radius 3 is 2.89 bits per heavy atom. The van der Waals surface area contributed by atoms with E-state index in [1.165, 1.54) is 38.0 Å². The molecule has 1 heterocycles. The number of piperidine rings is 1. The van der Waals surface area contributed by atoms with Gasteiger partial charge < -0.3 is 5.32 Å². The maximum absolute atomic E-state index is 6.07. The van der Waals surface area contributed by atoms with Crippen LogP contribution in [0.2, 0.25) is 5.02 Å². The lowest BCUT2D eigenvalue weighted by Gasteiger charge is -2.32. The first-order valence-electron chi connectivity index (χ1n) is 7.34. The smallest absolute Gasteiger partial charge is 0.0409 e. The van der Waals surface area contributed by atoms with Crippen LogP contribution in [0.1, 0.15) is 32.3 Å². The van der Waals surface area contributed by atoms with Crippen LogP contribution in [-0.2, 0) is 6.54 Å². The van der Waals surface area contributed by atoms with Crippen molar-refractivity contribution in [3.63, 3.8) is 0 Å². The molecule has 3 heteroatoms. The molecule has 0 aromatic heterocycles. The van der Waals surface area contributed by atoms with E-state index in [1.54, 1.807) is 0 Å². The Bertz CT molecular complexity index is 386. The van der Waals surface area contributed by atoms with Crippen molar-refractivity contribution in [3.8, 4) is 0 Å². The van der Waals surface area contributed by atoms with Crippen molar-refractivity contribution in [1.29, 1.82) is 0 Å². The summed E-state index contributed by atoms with van der Waals surface area (Å²) in [6.45, 7) is 9.08. The second-order valence-electron chi connectivity index (χ2n) is 5.87. The molecule has 0 aliphatic carbocycles. The zero-order valence-electron chi connectivity index (χ0n) is 12.0. The predicted octanol–water partition coefficient (Wildman–Crippen LogP) is 3.55. The van der Waals surface area contributed by atoms with E-state index in [1.807, 2.05) is 12.1 Å². The molecule has 1 unspecified atom stereocenters. The van der Waals surface area contributed by atoms with Gasteiger partial charge in [-0.15, -0.1) is 0 Å². The Morgan fingerprint density at radius 1 is 1.42 bits per heavy atom. The molecular formula is C16H25ClN2. The summed E-state index contributed by atoms with van der Waals surface area (Å²) in [4.78, 5) is 2.56. The maximum Gasteiger partial charge on any atom is 0.0409 e. The standard InChI is InChI=1S/C16H25ClN2/c1-13(2)19(12-15-6-4-8-18-10-15)11-14-5-3-7-16(17)9-14/h3,5,7,9,13,15,18H,4,6,8,10-12H2,1-2H3. The molecule has 1 aliphatic heterocycles. The summed E-state index contributed by atoms with van der Waals surface area (Å²) >= 11 is 6.07. The second kappa shape index (κ2) is 7.28. The fraction of sp³-hybridized carbons (Fsp3) is 0.625. The van der Waals surface area contributed by atoms with Crippen LogP contribution >= 0.6 is 11.6 Å². The number of hydrogen-bond donors (Lipinski definition) is 1. The lowest BCUT2D eigenvalue weighted by molar-refractivity contribution is 0.164. The fourth-order valence-electron chi connectivity index (χ4n) is 2.74. The molecule has 2 rings (SSSR count). The van der Waals surface area contributed by atoms with Crippen LogP contribution in [0.15, 0.2) is 24.3 Å². The van der Waals surface area contributed by atoms with Crippen molar-refractivity contribution in [2.24, 2.45) is 5.92 Å². The van der Waals surface area contributed by atoms with E-state index in [-0.39, 0.29) is 0 Å². The molecule has 19 heavy (non-hydrogen) atoms. The van der Waals surface area contributed by atoms with Gasteiger partial charge in [-0.2, -0.15) is 0 Å². The molecule has 0 radical (unpaired) electrons. The van der Waals surface area contributed by atoms with Crippen LogP contribution < -0.4 is 5.32 Å². The summed E-state index contributed by atoms with van der Waals surface area (Å²) in [5, 5.41) is 4.34. The zero-order valence-corrected chi connectivity index (χ0v) is 12.8. The van der Waals surface area contributed by atoms with Crippen molar-refractivity contribution in [1.82, 2.24) is 10.2 Å². The molecule has 1 aromatic rings. The first-order valence-corrected chi connectivity index (χ1v) is 7.72. The Kier molecular flexibility index (Phi) is 5.68. The van der Waals surface area contributed by atoms with Crippen molar-refractivity contribution in [2.45, 2.75) is 39.3 Å². The van der Waals surface area contributed by atoms with Gasteiger partial charge in [0.15, 0.2) is 0 Å². The summed E-state index contributed by atoms with van der Waals surface area (Å²) < 4.78 is 0. The molecule has 2 nitrogen and oxygen atoms in total. The summed E-state index contributed by atoms with van der Waals surface area (Å²) in [5.74, 6) is 0.787. The van der Waals surface area contributed by atoms with Gasteiger partial charge in [0.05, 0.1) is 0 Å². The second-order valence-corrected chi connectivity index (χ2v) is 6.30. The number of nitrogens with zero attached hydrogens (tertiary/aromatic N) is 1. The van der Waals surface area contributed by atoms with Crippen molar-refractivity contribution < 1.29 is 0 Å².